The van der Waals surface area contributed by atoms with Gasteiger partial charge in [-0.3, -0.25) is 4.21 Å². The Morgan fingerprint density at radius 1 is 1.18 bits per heavy atom. The number of aliphatic hydroxyl groups excluding tert-OH is 1. The molecule has 4 nitrogen and oxygen atoms in total. The van der Waals surface area contributed by atoms with Gasteiger partial charge in [-0.1, -0.05) is 23.4 Å². The summed E-state index contributed by atoms with van der Waals surface area (Å²) in [6, 6.07) is 12.4. The number of hydrogen-bond donors (Lipinski definition) is 1. The van der Waals surface area contributed by atoms with Crippen molar-refractivity contribution in [2.75, 3.05) is 19.5 Å². The van der Waals surface area contributed by atoms with Crippen molar-refractivity contribution in [3.63, 3.8) is 0 Å². The van der Waals surface area contributed by atoms with Crippen LogP contribution in [0.1, 0.15) is 30.0 Å². The van der Waals surface area contributed by atoms with Gasteiger partial charge in [0.15, 0.2) is 0 Å². The molecule has 0 saturated heterocycles. The van der Waals surface area contributed by atoms with Crippen LogP contribution in [-0.2, 0) is 15.6 Å². The van der Waals surface area contributed by atoms with Crippen molar-refractivity contribution < 1.29 is 18.5 Å². The molecule has 0 fully saturated rings. The fourth-order valence-electron chi connectivity index (χ4n) is 3.28. The molecule has 1 aliphatic carbocycles. The van der Waals surface area contributed by atoms with Gasteiger partial charge in [0, 0.05) is 28.4 Å². The highest BCUT2D eigenvalue weighted by Crippen LogP contribution is 2.43. The molecule has 2 aromatic carbocycles. The highest BCUT2D eigenvalue weighted by Gasteiger charge is 2.24. The first-order valence-corrected chi connectivity index (χ1v) is 10.5. The summed E-state index contributed by atoms with van der Waals surface area (Å²) in [5.74, 6) is -0.278. The fraction of sp³-hybridized carbons (Fsp3) is 0.227. The van der Waals surface area contributed by atoms with Crippen LogP contribution >= 0.6 is 0 Å². The van der Waals surface area contributed by atoms with E-state index in [-0.39, 0.29) is 12.4 Å². The maximum absolute atomic E-state index is 13.9. The van der Waals surface area contributed by atoms with Crippen molar-refractivity contribution in [2.45, 2.75) is 18.2 Å². The Bertz CT molecular complexity index is 978. The number of rotatable bonds is 7. The van der Waals surface area contributed by atoms with Crippen molar-refractivity contribution >= 4 is 34.2 Å². The molecule has 0 spiro atoms. The third-order valence-electron chi connectivity index (χ3n) is 4.65. The molecular weight excluding hydrogens is 377 g/mol. The average Bonchev–Trinajstić information content (AvgIpc) is 2.93. The maximum Gasteiger partial charge on any atom is 0.123 e. The molecule has 0 radical (unpaired) electrons. The molecule has 1 unspecified atom stereocenters. The maximum atomic E-state index is 13.9. The number of halogens is 1. The lowest BCUT2D eigenvalue weighted by Crippen LogP contribution is -1.94. The van der Waals surface area contributed by atoms with Crippen LogP contribution in [-0.4, -0.2) is 35.0 Å². The van der Waals surface area contributed by atoms with Gasteiger partial charge in [-0.25, -0.2) is 4.39 Å². The molecule has 2 aromatic rings. The van der Waals surface area contributed by atoms with E-state index < -0.39 is 10.8 Å². The average molecular weight is 399 g/mol. The van der Waals surface area contributed by atoms with Crippen molar-refractivity contribution in [2.24, 2.45) is 5.16 Å². The van der Waals surface area contributed by atoms with E-state index in [0.717, 1.165) is 38.3 Å². The van der Waals surface area contributed by atoms with Crippen LogP contribution in [0.5, 0.6) is 0 Å². The van der Waals surface area contributed by atoms with Gasteiger partial charge >= 0.3 is 0 Å². The Morgan fingerprint density at radius 3 is 2.61 bits per heavy atom. The minimum Gasteiger partial charge on any atom is -0.396 e. The van der Waals surface area contributed by atoms with Gasteiger partial charge in [-0.2, -0.15) is 0 Å². The topological polar surface area (TPSA) is 58.9 Å². The van der Waals surface area contributed by atoms with Crippen LogP contribution in [0.15, 0.2) is 58.1 Å². The highest BCUT2D eigenvalue weighted by atomic mass is 32.2. The van der Waals surface area contributed by atoms with E-state index in [4.69, 9.17) is 9.94 Å². The van der Waals surface area contributed by atoms with Crippen molar-refractivity contribution in [1.29, 1.82) is 0 Å². The van der Waals surface area contributed by atoms with Gasteiger partial charge in [0.25, 0.3) is 0 Å². The number of nitrogens with zero attached hydrogens (tertiary/aromatic N) is 1. The van der Waals surface area contributed by atoms with Crippen LogP contribution in [0.25, 0.3) is 17.2 Å². The first-order chi connectivity index (χ1) is 13.5. The minimum atomic E-state index is -1.01. The molecule has 0 aliphatic heterocycles. The van der Waals surface area contributed by atoms with Gasteiger partial charge in [0.1, 0.15) is 12.4 Å². The van der Waals surface area contributed by atoms with Gasteiger partial charge in [0.05, 0.1) is 12.8 Å². The standard InChI is InChI=1S/C22H22FNO3S/c1-15-19(9-12-27-24-10-11-25)22-14-17(23)5-8-20(22)21(15)13-16-3-6-18(7-4-16)28(2)26/h3-8,10,13-14,25H,9,11-12H2,1-2H3/b21-13-,24-10?. The molecule has 28 heavy (non-hydrogen) atoms. The molecule has 0 saturated carbocycles. The van der Waals surface area contributed by atoms with E-state index in [0.29, 0.717) is 13.0 Å². The summed E-state index contributed by atoms with van der Waals surface area (Å²) in [4.78, 5) is 5.93. The van der Waals surface area contributed by atoms with E-state index in [1.165, 1.54) is 12.3 Å². The summed E-state index contributed by atoms with van der Waals surface area (Å²) in [6.45, 7) is 2.18. The largest absolute Gasteiger partial charge is 0.396 e. The van der Waals surface area contributed by atoms with Crippen LogP contribution in [0.2, 0.25) is 0 Å². The van der Waals surface area contributed by atoms with E-state index >= 15 is 0 Å². The van der Waals surface area contributed by atoms with Crippen LogP contribution in [0, 0.1) is 5.82 Å². The number of allylic oxidation sites excluding steroid dienone is 2. The Kier molecular flexibility index (Phi) is 6.54. The van der Waals surface area contributed by atoms with Crippen LogP contribution in [0.3, 0.4) is 0 Å². The van der Waals surface area contributed by atoms with E-state index in [1.54, 1.807) is 18.4 Å². The van der Waals surface area contributed by atoms with Crippen LogP contribution < -0.4 is 0 Å². The normalized spacial score (nSPS) is 16.1. The van der Waals surface area contributed by atoms with Gasteiger partial charge in [0.2, 0.25) is 0 Å². The van der Waals surface area contributed by atoms with Crippen LogP contribution in [0.4, 0.5) is 4.39 Å². The Labute approximate surface area is 166 Å². The zero-order valence-corrected chi connectivity index (χ0v) is 16.6. The lowest BCUT2D eigenvalue weighted by molar-refractivity contribution is 0.150. The van der Waals surface area contributed by atoms with Crippen molar-refractivity contribution in [3.8, 4) is 0 Å². The Balaban J connectivity index is 1.94. The number of hydrogen-bond acceptors (Lipinski definition) is 4. The second kappa shape index (κ2) is 9.08. The van der Waals surface area contributed by atoms with E-state index in [9.17, 15) is 8.60 Å². The number of aliphatic hydroxyl groups is 1. The monoisotopic (exact) mass is 399 g/mol. The predicted octanol–water partition coefficient (Wildman–Crippen LogP) is 4.28. The molecule has 6 heteroatoms. The predicted molar refractivity (Wildman–Crippen MR) is 112 cm³/mol. The third-order valence-corrected chi connectivity index (χ3v) is 5.59. The molecule has 0 amide bonds. The molecule has 0 heterocycles. The first kappa shape index (κ1) is 20.2. The number of oxime groups is 1. The van der Waals surface area contributed by atoms with Gasteiger partial charge in [-0.05, 0) is 70.7 Å². The molecule has 3 rings (SSSR count). The van der Waals surface area contributed by atoms with Crippen molar-refractivity contribution in [3.05, 3.63) is 70.5 Å². The zero-order valence-electron chi connectivity index (χ0n) is 15.8. The summed E-state index contributed by atoms with van der Waals surface area (Å²) in [7, 11) is -1.01. The fourth-order valence-corrected chi connectivity index (χ4v) is 3.80. The smallest absolute Gasteiger partial charge is 0.123 e. The lowest BCUT2D eigenvalue weighted by Gasteiger charge is -2.05. The Hall–Kier alpha value is -2.57. The lowest BCUT2D eigenvalue weighted by atomic mass is 10.0. The number of fused-ring (bicyclic) bond motifs is 1. The van der Waals surface area contributed by atoms with Gasteiger partial charge in [-0.15, -0.1) is 0 Å². The molecular formula is C22H22FNO3S. The quantitative estimate of drug-likeness (QED) is 0.430. The van der Waals surface area contributed by atoms with Gasteiger partial charge < -0.3 is 9.94 Å². The third kappa shape index (κ3) is 4.46. The molecule has 1 atom stereocenters. The molecule has 0 aromatic heterocycles. The minimum absolute atomic E-state index is 0.174. The summed E-state index contributed by atoms with van der Waals surface area (Å²) in [5.41, 5.74) is 5.96. The molecule has 1 aliphatic rings. The number of benzene rings is 2. The zero-order chi connectivity index (χ0) is 20.1. The highest BCUT2D eigenvalue weighted by molar-refractivity contribution is 7.84. The van der Waals surface area contributed by atoms with E-state index in [1.807, 2.05) is 31.2 Å². The molecule has 0 bridgehead atoms. The second-order valence-corrected chi connectivity index (χ2v) is 7.81. The Morgan fingerprint density at radius 2 is 1.93 bits per heavy atom. The SMILES string of the molecule is CC1=C(CCON=CCO)c2cc(F)ccc2/C1=C\c1ccc(S(C)=O)cc1. The molecule has 146 valence electrons. The molecule has 1 N–H and O–H groups in total. The summed E-state index contributed by atoms with van der Waals surface area (Å²) in [5, 5.41) is 12.3. The summed E-state index contributed by atoms with van der Waals surface area (Å²) >= 11 is 0. The first-order valence-electron chi connectivity index (χ1n) is 8.91. The summed E-state index contributed by atoms with van der Waals surface area (Å²) in [6.07, 6.45) is 5.57. The summed E-state index contributed by atoms with van der Waals surface area (Å²) < 4.78 is 25.4. The second-order valence-electron chi connectivity index (χ2n) is 6.43. The van der Waals surface area contributed by atoms with Crippen molar-refractivity contribution in [1.82, 2.24) is 0 Å². The van der Waals surface area contributed by atoms with E-state index in [2.05, 4.69) is 11.2 Å².